The van der Waals surface area contributed by atoms with E-state index < -0.39 is 12.0 Å². The summed E-state index contributed by atoms with van der Waals surface area (Å²) >= 11 is 6.15. The third-order valence-electron chi connectivity index (χ3n) is 4.85. The summed E-state index contributed by atoms with van der Waals surface area (Å²) < 4.78 is 5.30. The molecule has 0 spiro atoms. The van der Waals surface area contributed by atoms with E-state index in [9.17, 15) is 14.4 Å². The van der Waals surface area contributed by atoms with Crippen LogP contribution in [0, 0.1) is 5.41 Å². The summed E-state index contributed by atoms with van der Waals surface area (Å²) in [4.78, 5) is 36.9. The molecule has 2 aromatic rings. The fourth-order valence-electron chi connectivity index (χ4n) is 3.31. The Kier molecular flexibility index (Phi) is 6.52. The molecule has 0 heterocycles. The number of ether oxygens (including phenoxy) is 1. The summed E-state index contributed by atoms with van der Waals surface area (Å²) in [6, 6.07) is 9.52. The summed E-state index contributed by atoms with van der Waals surface area (Å²) in [7, 11) is 0. The van der Waals surface area contributed by atoms with Gasteiger partial charge in [-0.3, -0.25) is 19.8 Å². The highest BCUT2D eigenvalue weighted by Crippen LogP contribution is 2.27. The van der Waals surface area contributed by atoms with Crippen LogP contribution in [0.1, 0.15) is 58.0 Å². The van der Waals surface area contributed by atoms with E-state index in [-0.39, 0.29) is 34.6 Å². The van der Waals surface area contributed by atoms with Crippen LogP contribution in [-0.4, -0.2) is 29.6 Å². The van der Waals surface area contributed by atoms with Crippen molar-refractivity contribution >= 4 is 40.8 Å². The molecule has 4 N–H and O–H groups in total. The molecule has 0 aliphatic heterocycles. The fraction of sp³-hybridized carbons (Fsp3) is 0.273. The Morgan fingerprint density at radius 3 is 2.70 bits per heavy atom. The number of hydrogen-bond donors (Lipinski definition) is 3. The number of amidine groups is 1. The lowest BCUT2D eigenvalue weighted by molar-refractivity contribution is -0.147. The molecule has 1 unspecified atom stereocenters. The van der Waals surface area contributed by atoms with Crippen molar-refractivity contribution in [1.29, 1.82) is 5.41 Å². The van der Waals surface area contributed by atoms with Gasteiger partial charge in [-0.2, -0.15) is 0 Å². The number of carbonyl (C=O) groups is 3. The Bertz CT molecular complexity index is 1040. The summed E-state index contributed by atoms with van der Waals surface area (Å²) in [6.07, 6.45) is 1.17. The van der Waals surface area contributed by atoms with Gasteiger partial charge in [0.25, 0.3) is 5.91 Å². The molecule has 0 aromatic heterocycles. The van der Waals surface area contributed by atoms with Crippen molar-refractivity contribution in [3.8, 4) is 0 Å². The zero-order chi connectivity index (χ0) is 21.8. The molecular formula is C22H22ClN3O4. The highest BCUT2D eigenvalue weighted by Gasteiger charge is 2.30. The molecule has 0 fully saturated rings. The van der Waals surface area contributed by atoms with Gasteiger partial charge in [0.05, 0.1) is 10.6 Å². The second-order valence-corrected chi connectivity index (χ2v) is 7.47. The standard InChI is InChI=1S/C22H22ClN3O4/c1-2-3-19(27)30-18-9-5-12-10-14(6-8-15(12)20(18)28)26-22(29)16-7-4-13(21(24)25)11-17(16)23/h4,6-8,10-11,18H,2-3,5,9H2,1H3,(H3,24,25)(H,26,29). The summed E-state index contributed by atoms with van der Waals surface area (Å²) in [6.45, 7) is 1.87. The molecular weight excluding hydrogens is 406 g/mol. The first-order valence-electron chi connectivity index (χ1n) is 9.62. The first kappa shape index (κ1) is 21.5. The lowest BCUT2D eigenvalue weighted by Crippen LogP contribution is -2.32. The number of aryl methyl sites for hydroxylation is 1. The number of nitrogen functional groups attached to an aromatic ring is 1. The minimum absolute atomic E-state index is 0.137. The van der Waals surface area contributed by atoms with E-state index in [1.807, 2.05) is 6.92 Å². The van der Waals surface area contributed by atoms with E-state index in [0.29, 0.717) is 36.1 Å². The lowest BCUT2D eigenvalue weighted by Gasteiger charge is -2.24. The second-order valence-electron chi connectivity index (χ2n) is 7.07. The third-order valence-corrected chi connectivity index (χ3v) is 5.16. The quantitative estimate of drug-likeness (QED) is 0.368. The molecule has 1 aliphatic rings. The van der Waals surface area contributed by atoms with Crippen molar-refractivity contribution in [1.82, 2.24) is 0 Å². The molecule has 1 atom stereocenters. The molecule has 0 saturated carbocycles. The second kappa shape index (κ2) is 9.09. The van der Waals surface area contributed by atoms with Crippen molar-refractivity contribution in [2.75, 3.05) is 5.32 Å². The van der Waals surface area contributed by atoms with Crippen molar-refractivity contribution in [3.05, 3.63) is 63.7 Å². The van der Waals surface area contributed by atoms with Crippen LogP contribution in [0.2, 0.25) is 5.02 Å². The minimum Gasteiger partial charge on any atom is -0.454 e. The van der Waals surface area contributed by atoms with E-state index >= 15 is 0 Å². The molecule has 3 rings (SSSR count). The largest absolute Gasteiger partial charge is 0.454 e. The van der Waals surface area contributed by atoms with Gasteiger partial charge in [0.1, 0.15) is 5.84 Å². The number of rotatable bonds is 6. The van der Waals surface area contributed by atoms with E-state index in [1.165, 1.54) is 12.1 Å². The van der Waals surface area contributed by atoms with Crippen LogP contribution < -0.4 is 11.1 Å². The molecule has 0 bridgehead atoms. The molecule has 8 heteroatoms. The SMILES string of the molecule is CCCC(=O)OC1CCc2cc(NC(=O)c3ccc(C(=N)N)cc3Cl)ccc2C1=O. The Balaban J connectivity index is 1.73. The number of anilines is 1. The Morgan fingerprint density at radius 1 is 1.27 bits per heavy atom. The fourth-order valence-corrected chi connectivity index (χ4v) is 3.58. The molecule has 0 radical (unpaired) electrons. The van der Waals surface area contributed by atoms with Gasteiger partial charge in [-0.1, -0.05) is 24.6 Å². The van der Waals surface area contributed by atoms with E-state index in [2.05, 4.69) is 5.32 Å². The van der Waals surface area contributed by atoms with Gasteiger partial charge in [-0.25, -0.2) is 0 Å². The number of amides is 1. The summed E-state index contributed by atoms with van der Waals surface area (Å²) in [5.41, 5.74) is 7.92. The minimum atomic E-state index is -0.754. The van der Waals surface area contributed by atoms with Gasteiger partial charge < -0.3 is 15.8 Å². The molecule has 2 aromatic carbocycles. The number of benzene rings is 2. The third kappa shape index (κ3) is 4.68. The molecule has 7 nitrogen and oxygen atoms in total. The van der Waals surface area contributed by atoms with E-state index in [0.717, 1.165) is 5.56 Å². The Labute approximate surface area is 179 Å². The van der Waals surface area contributed by atoms with Crippen molar-refractivity contribution < 1.29 is 19.1 Å². The maximum absolute atomic E-state index is 12.6. The molecule has 0 saturated heterocycles. The molecule has 1 aliphatic carbocycles. The van der Waals surface area contributed by atoms with Crippen molar-refractivity contribution in [3.63, 3.8) is 0 Å². The van der Waals surface area contributed by atoms with Crippen LogP contribution in [0.25, 0.3) is 0 Å². The Morgan fingerprint density at radius 2 is 2.03 bits per heavy atom. The number of ketones is 1. The number of hydrogen-bond acceptors (Lipinski definition) is 5. The average Bonchev–Trinajstić information content (AvgIpc) is 2.70. The van der Waals surface area contributed by atoms with E-state index in [1.54, 1.807) is 24.3 Å². The monoisotopic (exact) mass is 427 g/mol. The number of fused-ring (bicyclic) bond motifs is 1. The van der Waals surface area contributed by atoms with Crippen molar-refractivity contribution in [2.45, 2.75) is 38.7 Å². The van der Waals surface area contributed by atoms with Crippen LogP contribution in [0.5, 0.6) is 0 Å². The van der Waals surface area contributed by atoms with Crippen LogP contribution in [0.3, 0.4) is 0 Å². The number of halogens is 1. The highest BCUT2D eigenvalue weighted by atomic mass is 35.5. The number of Topliss-reactive ketones (excluding diaryl/α,β-unsaturated/α-hetero) is 1. The lowest BCUT2D eigenvalue weighted by atomic mass is 9.88. The van der Waals surface area contributed by atoms with Gasteiger partial charge in [0.15, 0.2) is 6.10 Å². The van der Waals surface area contributed by atoms with Gasteiger partial charge in [-0.15, -0.1) is 0 Å². The number of nitrogens with two attached hydrogens (primary N) is 1. The first-order valence-corrected chi connectivity index (χ1v) is 10.00. The maximum atomic E-state index is 12.6. The zero-order valence-corrected chi connectivity index (χ0v) is 17.2. The maximum Gasteiger partial charge on any atom is 0.306 e. The van der Waals surface area contributed by atoms with Gasteiger partial charge in [0, 0.05) is 23.2 Å². The predicted molar refractivity (Wildman–Crippen MR) is 114 cm³/mol. The smallest absolute Gasteiger partial charge is 0.306 e. The summed E-state index contributed by atoms with van der Waals surface area (Å²) in [5, 5.41) is 10.4. The van der Waals surface area contributed by atoms with Crippen LogP contribution in [-0.2, 0) is 16.0 Å². The topological polar surface area (TPSA) is 122 Å². The molecule has 1 amide bonds. The van der Waals surface area contributed by atoms with Gasteiger partial charge in [-0.05, 0) is 55.2 Å². The van der Waals surface area contributed by atoms with Crippen LogP contribution in [0.15, 0.2) is 36.4 Å². The first-order chi connectivity index (χ1) is 14.3. The Hall–Kier alpha value is -3.19. The summed E-state index contributed by atoms with van der Waals surface area (Å²) in [5.74, 6) is -1.14. The number of esters is 1. The number of nitrogens with one attached hydrogen (secondary N) is 2. The number of carbonyl (C=O) groups excluding carboxylic acids is 3. The normalized spacial score (nSPS) is 15.3. The van der Waals surface area contributed by atoms with Crippen LogP contribution in [0.4, 0.5) is 5.69 Å². The van der Waals surface area contributed by atoms with Gasteiger partial charge in [0.2, 0.25) is 5.78 Å². The highest BCUT2D eigenvalue weighted by molar-refractivity contribution is 6.34. The van der Waals surface area contributed by atoms with Gasteiger partial charge >= 0.3 is 5.97 Å². The van der Waals surface area contributed by atoms with Crippen molar-refractivity contribution in [2.24, 2.45) is 5.73 Å². The van der Waals surface area contributed by atoms with E-state index in [4.69, 9.17) is 27.5 Å². The molecule has 156 valence electrons. The molecule has 30 heavy (non-hydrogen) atoms. The zero-order valence-electron chi connectivity index (χ0n) is 16.5. The van der Waals surface area contributed by atoms with Crippen LogP contribution >= 0.6 is 11.6 Å². The average molecular weight is 428 g/mol. The predicted octanol–water partition coefficient (Wildman–Crippen LogP) is 3.72.